The number of rotatable bonds is 7. The first-order valence-electron chi connectivity index (χ1n) is 5.87. The Balaban J connectivity index is 2.25. The fraction of sp³-hybridized carbons (Fsp3) is 0.538. The van der Waals surface area contributed by atoms with Crippen LogP contribution in [0.25, 0.3) is 0 Å². The summed E-state index contributed by atoms with van der Waals surface area (Å²) >= 11 is 0. The maximum absolute atomic E-state index is 13.2. The summed E-state index contributed by atoms with van der Waals surface area (Å²) in [5, 5.41) is 22.0. The molecule has 1 aromatic carbocycles. The van der Waals surface area contributed by atoms with Gasteiger partial charge in [-0.1, -0.05) is 12.1 Å². The molecule has 0 spiro atoms. The van der Waals surface area contributed by atoms with Crippen molar-refractivity contribution in [2.24, 2.45) is 0 Å². The number of para-hydroxylation sites is 1. The molecule has 0 saturated heterocycles. The molecule has 0 radical (unpaired) electrons. The zero-order valence-electron chi connectivity index (χ0n) is 10.7. The Morgan fingerprint density at radius 2 is 2.06 bits per heavy atom. The van der Waals surface area contributed by atoms with Gasteiger partial charge in [0.25, 0.3) is 0 Å². The van der Waals surface area contributed by atoms with Gasteiger partial charge >= 0.3 is 0 Å². The van der Waals surface area contributed by atoms with Crippen LogP contribution in [0.15, 0.2) is 24.3 Å². The average Bonchev–Trinajstić information content (AvgIpc) is 2.26. The molecule has 102 valence electrons. The predicted octanol–water partition coefficient (Wildman–Crippen LogP) is 0.926. The van der Waals surface area contributed by atoms with E-state index in [1.807, 2.05) is 0 Å². The molecule has 0 bridgehead atoms. The minimum Gasteiger partial charge on any atom is -0.488 e. The Labute approximate surface area is 106 Å². The van der Waals surface area contributed by atoms with Gasteiger partial charge in [0, 0.05) is 13.1 Å². The predicted molar refractivity (Wildman–Crippen MR) is 67.1 cm³/mol. The van der Waals surface area contributed by atoms with Crippen molar-refractivity contribution >= 4 is 0 Å². The largest absolute Gasteiger partial charge is 0.488 e. The molecular formula is C13H20FNO3. The molecule has 0 aliphatic heterocycles. The zero-order valence-corrected chi connectivity index (χ0v) is 10.7. The van der Waals surface area contributed by atoms with E-state index in [4.69, 9.17) is 4.74 Å². The van der Waals surface area contributed by atoms with Crippen molar-refractivity contribution in [2.75, 3.05) is 19.7 Å². The molecule has 18 heavy (non-hydrogen) atoms. The number of ether oxygens (including phenoxy) is 1. The first-order valence-corrected chi connectivity index (χ1v) is 5.87. The van der Waals surface area contributed by atoms with Crippen molar-refractivity contribution in [2.45, 2.75) is 25.6 Å². The van der Waals surface area contributed by atoms with Gasteiger partial charge in [0.15, 0.2) is 11.6 Å². The quantitative estimate of drug-likeness (QED) is 0.680. The lowest BCUT2D eigenvalue weighted by atomic mass is 10.1. The summed E-state index contributed by atoms with van der Waals surface area (Å²) in [5.74, 6) is -0.326. The van der Waals surface area contributed by atoms with E-state index in [1.165, 1.54) is 12.1 Å². The van der Waals surface area contributed by atoms with E-state index in [9.17, 15) is 14.6 Å². The third-order valence-corrected chi connectivity index (χ3v) is 2.21. The molecule has 4 nitrogen and oxygen atoms in total. The first kappa shape index (κ1) is 14.9. The minimum atomic E-state index is -0.827. The highest BCUT2D eigenvalue weighted by atomic mass is 19.1. The van der Waals surface area contributed by atoms with Gasteiger partial charge in [-0.3, -0.25) is 0 Å². The third-order valence-electron chi connectivity index (χ3n) is 2.21. The summed E-state index contributed by atoms with van der Waals surface area (Å²) in [4.78, 5) is 0. The highest BCUT2D eigenvalue weighted by molar-refractivity contribution is 5.23. The SMILES string of the molecule is CC(C)(O)CNCC(O)COc1ccccc1F. The number of nitrogens with one attached hydrogen (secondary N) is 1. The molecule has 0 amide bonds. The number of aliphatic hydroxyl groups is 2. The molecule has 5 heteroatoms. The topological polar surface area (TPSA) is 61.7 Å². The van der Waals surface area contributed by atoms with Gasteiger partial charge in [0.2, 0.25) is 0 Å². The van der Waals surface area contributed by atoms with Crippen LogP contribution in [0.3, 0.4) is 0 Å². The standard InChI is InChI=1S/C13H20FNO3/c1-13(2,17)9-15-7-10(16)8-18-12-6-4-3-5-11(12)14/h3-6,10,15-17H,7-9H2,1-2H3. The molecule has 1 atom stereocenters. The second kappa shape index (κ2) is 6.68. The molecule has 0 saturated carbocycles. The summed E-state index contributed by atoms with van der Waals surface area (Å²) in [7, 11) is 0. The van der Waals surface area contributed by atoms with E-state index in [0.717, 1.165) is 0 Å². The second-order valence-electron chi connectivity index (χ2n) is 4.84. The fourth-order valence-corrected chi connectivity index (χ4v) is 1.35. The molecule has 1 aromatic rings. The highest BCUT2D eigenvalue weighted by Crippen LogP contribution is 2.15. The van der Waals surface area contributed by atoms with Crippen LogP contribution < -0.4 is 10.1 Å². The smallest absolute Gasteiger partial charge is 0.165 e. The van der Waals surface area contributed by atoms with Crippen LogP contribution in [0.4, 0.5) is 4.39 Å². The summed E-state index contributed by atoms with van der Waals surface area (Å²) in [6.45, 7) is 3.98. The van der Waals surface area contributed by atoms with E-state index in [-0.39, 0.29) is 18.9 Å². The van der Waals surface area contributed by atoms with Crippen molar-refractivity contribution < 1.29 is 19.3 Å². The Morgan fingerprint density at radius 3 is 2.67 bits per heavy atom. The molecule has 0 aliphatic rings. The lowest BCUT2D eigenvalue weighted by molar-refractivity contribution is 0.0661. The van der Waals surface area contributed by atoms with Gasteiger partial charge in [-0.2, -0.15) is 0 Å². The van der Waals surface area contributed by atoms with Gasteiger partial charge in [-0.15, -0.1) is 0 Å². The maximum atomic E-state index is 13.2. The van der Waals surface area contributed by atoms with Crippen LogP contribution >= 0.6 is 0 Å². The molecule has 3 N–H and O–H groups in total. The van der Waals surface area contributed by atoms with Gasteiger partial charge in [-0.05, 0) is 26.0 Å². The number of halogens is 1. The number of hydrogen-bond donors (Lipinski definition) is 3. The van der Waals surface area contributed by atoms with Crippen molar-refractivity contribution in [1.82, 2.24) is 5.32 Å². The first-order chi connectivity index (χ1) is 8.38. The molecular weight excluding hydrogens is 237 g/mol. The monoisotopic (exact) mass is 257 g/mol. The Hall–Kier alpha value is -1.17. The van der Waals surface area contributed by atoms with Crippen LogP contribution in [0.2, 0.25) is 0 Å². The molecule has 1 unspecified atom stereocenters. The third kappa shape index (κ3) is 5.95. The molecule has 0 aromatic heterocycles. The Morgan fingerprint density at radius 1 is 1.39 bits per heavy atom. The molecule has 1 rings (SSSR count). The zero-order chi connectivity index (χ0) is 13.6. The van der Waals surface area contributed by atoms with Gasteiger partial charge in [0.1, 0.15) is 12.7 Å². The minimum absolute atomic E-state index is 0.000208. The average molecular weight is 257 g/mol. The molecule has 0 heterocycles. The van der Waals surface area contributed by atoms with E-state index in [1.54, 1.807) is 26.0 Å². The van der Waals surface area contributed by atoms with Crippen LogP contribution in [0, 0.1) is 5.82 Å². The molecule has 0 fully saturated rings. The van der Waals surface area contributed by atoms with E-state index in [0.29, 0.717) is 6.54 Å². The van der Waals surface area contributed by atoms with Gasteiger partial charge in [0.05, 0.1) is 5.60 Å². The second-order valence-corrected chi connectivity index (χ2v) is 4.84. The highest BCUT2D eigenvalue weighted by Gasteiger charge is 2.13. The molecule has 0 aliphatic carbocycles. The van der Waals surface area contributed by atoms with Crippen molar-refractivity contribution in [3.63, 3.8) is 0 Å². The lowest BCUT2D eigenvalue weighted by Crippen LogP contribution is -2.40. The summed E-state index contributed by atoms with van der Waals surface area (Å²) < 4.78 is 18.3. The summed E-state index contributed by atoms with van der Waals surface area (Å²) in [6, 6.07) is 6.04. The maximum Gasteiger partial charge on any atom is 0.165 e. The van der Waals surface area contributed by atoms with Crippen molar-refractivity contribution in [3.05, 3.63) is 30.1 Å². The number of aliphatic hydroxyl groups excluding tert-OH is 1. The van der Waals surface area contributed by atoms with Crippen LogP contribution in [-0.2, 0) is 0 Å². The van der Waals surface area contributed by atoms with E-state index < -0.39 is 17.5 Å². The van der Waals surface area contributed by atoms with Crippen LogP contribution in [0.5, 0.6) is 5.75 Å². The Bertz CT molecular complexity index is 365. The summed E-state index contributed by atoms with van der Waals surface area (Å²) in [6.07, 6.45) is -0.757. The summed E-state index contributed by atoms with van der Waals surface area (Å²) in [5.41, 5.74) is -0.827. The lowest BCUT2D eigenvalue weighted by Gasteiger charge is -2.19. The number of benzene rings is 1. The Kier molecular flexibility index (Phi) is 5.53. The van der Waals surface area contributed by atoms with Gasteiger partial charge in [-0.25, -0.2) is 4.39 Å². The van der Waals surface area contributed by atoms with Crippen molar-refractivity contribution in [1.29, 1.82) is 0 Å². The fourth-order valence-electron chi connectivity index (χ4n) is 1.35. The van der Waals surface area contributed by atoms with Crippen molar-refractivity contribution in [3.8, 4) is 5.75 Å². The normalized spacial score (nSPS) is 13.4. The van der Waals surface area contributed by atoms with E-state index in [2.05, 4.69) is 5.32 Å². The van der Waals surface area contributed by atoms with Crippen LogP contribution in [-0.4, -0.2) is 41.6 Å². The van der Waals surface area contributed by atoms with Crippen LogP contribution in [0.1, 0.15) is 13.8 Å². The van der Waals surface area contributed by atoms with Gasteiger partial charge < -0.3 is 20.3 Å². The number of hydrogen-bond acceptors (Lipinski definition) is 4. The van der Waals surface area contributed by atoms with E-state index >= 15 is 0 Å².